The number of rotatable bonds is 3. The lowest BCUT2D eigenvalue weighted by atomic mass is 9.86. The highest BCUT2D eigenvalue weighted by Gasteiger charge is 2.62. The highest BCUT2D eigenvalue weighted by Crippen LogP contribution is 2.49. The Morgan fingerprint density at radius 1 is 1.11 bits per heavy atom. The van der Waals surface area contributed by atoms with Gasteiger partial charge in [0, 0.05) is 24.5 Å². The van der Waals surface area contributed by atoms with Crippen molar-refractivity contribution in [3.05, 3.63) is 62.6 Å². The molecule has 1 N–H and O–H groups in total. The number of hydrogen-bond donors (Lipinski definition) is 1. The summed E-state index contributed by atoms with van der Waals surface area (Å²) in [5, 5.41) is 6.52. The fraction of sp³-hybridized carbons (Fsp3) is 0.222. The van der Waals surface area contributed by atoms with E-state index in [4.69, 9.17) is 39.6 Å². The third-order valence-corrected chi connectivity index (χ3v) is 5.25. The molecule has 0 fully saturated rings. The summed E-state index contributed by atoms with van der Waals surface area (Å²) in [6.07, 6.45) is -5.36. The summed E-state index contributed by atoms with van der Waals surface area (Å²) in [5.41, 5.74) is -2.28. The van der Waals surface area contributed by atoms with E-state index in [1.807, 2.05) is 0 Å². The van der Waals surface area contributed by atoms with E-state index in [1.165, 1.54) is 37.3 Å². The molecule has 2 aromatic rings. The van der Waals surface area contributed by atoms with E-state index >= 15 is 0 Å². The minimum Gasteiger partial charge on any atom is -0.374 e. The lowest BCUT2D eigenvalue weighted by molar-refractivity contribution is -0.275. The lowest BCUT2D eigenvalue weighted by Gasteiger charge is -2.29. The Bertz CT molecular complexity index is 979. The number of hydrogen-bond acceptors (Lipinski definition) is 3. The molecule has 0 saturated heterocycles. The second kappa shape index (κ2) is 7.46. The van der Waals surface area contributed by atoms with Crippen LogP contribution in [-0.4, -0.2) is 17.8 Å². The van der Waals surface area contributed by atoms with E-state index in [2.05, 4.69) is 10.5 Å². The predicted octanol–water partition coefficient (Wildman–Crippen LogP) is 6.19. The van der Waals surface area contributed by atoms with E-state index < -0.39 is 18.2 Å². The standard InChI is InChI=1S/C18H12Cl3F3N2O2/c1-9(27)25-15-6-10(2-4-13(15)20)16-8-17(28-26-16,18(22,23)24)11-3-5-12(19)14(21)7-11/h2-7H,8H2,1H3,(H,25,27). The van der Waals surface area contributed by atoms with Crippen LogP contribution in [0.1, 0.15) is 24.5 Å². The highest BCUT2D eigenvalue weighted by molar-refractivity contribution is 6.42. The molecule has 0 bridgehead atoms. The molecule has 0 saturated carbocycles. The van der Waals surface area contributed by atoms with Gasteiger partial charge in [0.05, 0.1) is 26.5 Å². The van der Waals surface area contributed by atoms with Crippen molar-refractivity contribution in [2.75, 3.05) is 5.32 Å². The quantitative estimate of drug-likeness (QED) is 0.605. The van der Waals surface area contributed by atoms with Crippen LogP contribution < -0.4 is 5.32 Å². The maximum atomic E-state index is 14.0. The number of alkyl halides is 3. The Labute approximate surface area is 173 Å². The Balaban J connectivity index is 2.00. The average Bonchev–Trinajstić information content (AvgIpc) is 3.05. The zero-order valence-electron chi connectivity index (χ0n) is 14.2. The van der Waals surface area contributed by atoms with E-state index in [9.17, 15) is 18.0 Å². The molecule has 3 rings (SSSR count). The van der Waals surface area contributed by atoms with Crippen molar-refractivity contribution in [2.24, 2.45) is 5.16 Å². The first-order valence-electron chi connectivity index (χ1n) is 7.88. The van der Waals surface area contributed by atoms with Crippen LogP contribution in [0.15, 0.2) is 41.6 Å². The fourth-order valence-corrected chi connectivity index (χ4v) is 3.26. The number of carbonyl (C=O) groups excluding carboxylic acids is 1. The van der Waals surface area contributed by atoms with Gasteiger partial charge < -0.3 is 10.2 Å². The maximum Gasteiger partial charge on any atom is 0.435 e. The molecule has 10 heteroatoms. The molecular weight excluding hydrogens is 440 g/mol. The van der Waals surface area contributed by atoms with Gasteiger partial charge in [-0.15, -0.1) is 0 Å². The summed E-state index contributed by atoms with van der Waals surface area (Å²) < 4.78 is 42.0. The predicted molar refractivity (Wildman–Crippen MR) is 102 cm³/mol. The van der Waals surface area contributed by atoms with Crippen LogP contribution in [0.5, 0.6) is 0 Å². The Morgan fingerprint density at radius 3 is 2.39 bits per heavy atom. The summed E-state index contributed by atoms with van der Waals surface area (Å²) in [4.78, 5) is 16.2. The van der Waals surface area contributed by atoms with Crippen LogP contribution in [0.2, 0.25) is 15.1 Å². The second-order valence-corrected chi connectivity index (χ2v) is 7.36. The number of amides is 1. The molecular formula is C18H12Cl3F3N2O2. The third kappa shape index (κ3) is 3.79. The van der Waals surface area contributed by atoms with Crippen molar-refractivity contribution in [3.8, 4) is 0 Å². The SMILES string of the molecule is CC(=O)Nc1cc(C2=NOC(c3ccc(Cl)c(Cl)c3)(C(F)(F)F)C2)ccc1Cl. The van der Waals surface area contributed by atoms with Gasteiger partial charge in [-0.05, 0) is 24.3 Å². The molecule has 1 heterocycles. The van der Waals surface area contributed by atoms with E-state index in [0.29, 0.717) is 5.56 Å². The molecule has 0 spiro atoms. The van der Waals surface area contributed by atoms with Crippen molar-refractivity contribution >= 4 is 52.1 Å². The van der Waals surface area contributed by atoms with Gasteiger partial charge >= 0.3 is 6.18 Å². The van der Waals surface area contributed by atoms with E-state index in [1.54, 1.807) is 0 Å². The molecule has 1 unspecified atom stereocenters. The van der Waals surface area contributed by atoms with E-state index in [-0.39, 0.29) is 37.9 Å². The lowest BCUT2D eigenvalue weighted by Crippen LogP contribution is -2.42. The fourth-order valence-electron chi connectivity index (χ4n) is 2.80. The molecule has 2 aromatic carbocycles. The Morgan fingerprint density at radius 2 is 1.79 bits per heavy atom. The van der Waals surface area contributed by atoms with Crippen LogP contribution in [0.4, 0.5) is 18.9 Å². The molecule has 4 nitrogen and oxygen atoms in total. The van der Waals surface area contributed by atoms with Crippen LogP contribution in [-0.2, 0) is 15.2 Å². The van der Waals surface area contributed by atoms with Crippen LogP contribution in [0.25, 0.3) is 0 Å². The number of oxime groups is 1. The van der Waals surface area contributed by atoms with Gasteiger partial charge in [0.25, 0.3) is 5.60 Å². The number of carbonyl (C=O) groups is 1. The molecule has 0 aliphatic carbocycles. The van der Waals surface area contributed by atoms with Crippen LogP contribution in [0, 0.1) is 0 Å². The van der Waals surface area contributed by atoms with Crippen molar-refractivity contribution in [2.45, 2.75) is 25.1 Å². The van der Waals surface area contributed by atoms with Gasteiger partial charge in [-0.25, -0.2) is 0 Å². The Hall–Kier alpha value is -1.96. The van der Waals surface area contributed by atoms with Gasteiger partial charge in [-0.2, -0.15) is 13.2 Å². The monoisotopic (exact) mass is 450 g/mol. The minimum absolute atomic E-state index is 0.0284. The number of benzene rings is 2. The summed E-state index contributed by atoms with van der Waals surface area (Å²) in [6.45, 7) is 1.29. The summed E-state index contributed by atoms with van der Waals surface area (Å²) >= 11 is 17.7. The molecule has 148 valence electrons. The zero-order chi connectivity index (χ0) is 20.7. The Kier molecular flexibility index (Phi) is 5.53. The summed E-state index contributed by atoms with van der Waals surface area (Å²) in [7, 11) is 0. The number of anilines is 1. The van der Waals surface area contributed by atoms with Gasteiger partial charge in [0.15, 0.2) is 0 Å². The maximum absolute atomic E-state index is 14.0. The molecule has 1 aliphatic heterocycles. The average molecular weight is 452 g/mol. The van der Waals surface area contributed by atoms with E-state index in [0.717, 1.165) is 6.07 Å². The molecule has 1 amide bonds. The highest BCUT2D eigenvalue weighted by atomic mass is 35.5. The normalized spacial score (nSPS) is 19.2. The summed E-state index contributed by atoms with van der Waals surface area (Å²) in [6, 6.07) is 7.97. The molecule has 1 atom stereocenters. The van der Waals surface area contributed by atoms with Gasteiger partial charge in [0.2, 0.25) is 5.91 Å². The first-order chi connectivity index (χ1) is 13.0. The second-order valence-electron chi connectivity index (χ2n) is 6.14. The van der Waals surface area contributed by atoms with Crippen molar-refractivity contribution < 1.29 is 22.8 Å². The summed E-state index contributed by atoms with van der Waals surface area (Å²) in [5.74, 6) is -0.371. The third-order valence-electron chi connectivity index (χ3n) is 4.18. The topological polar surface area (TPSA) is 50.7 Å². The molecule has 1 aliphatic rings. The van der Waals surface area contributed by atoms with Crippen molar-refractivity contribution in [1.29, 1.82) is 0 Å². The smallest absolute Gasteiger partial charge is 0.374 e. The van der Waals surface area contributed by atoms with Crippen molar-refractivity contribution in [3.63, 3.8) is 0 Å². The number of nitrogens with one attached hydrogen (secondary N) is 1. The first-order valence-corrected chi connectivity index (χ1v) is 9.02. The van der Waals surface area contributed by atoms with Gasteiger partial charge in [-0.1, -0.05) is 52.1 Å². The largest absolute Gasteiger partial charge is 0.435 e. The van der Waals surface area contributed by atoms with Crippen molar-refractivity contribution in [1.82, 2.24) is 0 Å². The van der Waals surface area contributed by atoms with Crippen LogP contribution in [0.3, 0.4) is 0 Å². The van der Waals surface area contributed by atoms with Crippen LogP contribution >= 0.6 is 34.8 Å². The molecule has 0 radical (unpaired) electrons. The van der Waals surface area contributed by atoms with Gasteiger partial charge in [-0.3, -0.25) is 4.79 Å². The first kappa shape index (κ1) is 20.8. The number of halogens is 6. The molecule has 28 heavy (non-hydrogen) atoms. The zero-order valence-corrected chi connectivity index (χ0v) is 16.5. The number of nitrogens with zero attached hydrogens (tertiary/aromatic N) is 1. The van der Waals surface area contributed by atoms with Gasteiger partial charge in [0.1, 0.15) is 0 Å². The minimum atomic E-state index is -4.78. The molecule has 0 aromatic heterocycles.